The third-order valence-electron chi connectivity index (χ3n) is 3.65. The predicted octanol–water partition coefficient (Wildman–Crippen LogP) is 3.94. The molecule has 1 aliphatic carbocycles. The summed E-state index contributed by atoms with van der Waals surface area (Å²) in [6.07, 6.45) is 2.71. The molecule has 0 aliphatic heterocycles. The van der Waals surface area contributed by atoms with Crippen LogP contribution in [0.15, 0.2) is 21.3 Å². The van der Waals surface area contributed by atoms with Gasteiger partial charge in [-0.2, -0.15) is 0 Å². The number of aromatic amines is 1. The van der Waals surface area contributed by atoms with Crippen LogP contribution in [0.3, 0.4) is 0 Å². The second kappa shape index (κ2) is 4.75. The molecule has 0 atom stereocenters. The summed E-state index contributed by atoms with van der Waals surface area (Å²) in [6, 6.07) is 0. The highest BCUT2D eigenvalue weighted by molar-refractivity contribution is 8.45. The summed E-state index contributed by atoms with van der Waals surface area (Å²) in [6.45, 7) is 0. The summed E-state index contributed by atoms with van der Waals surface area (Å²) in [4.78, 5) is 21.4. The summed E-state index contributed by atoms with van der Waals surface area (Å²) in [5, 5.41) is -2.04. The number of fused-ring (bicyclic) bond motifs is 1. The predicted molar refractivity (Wildman–Crippen MR) is 81.0 cm³/mol. The fourth-order valence-corrected chi connectivity index (χ4v) is 4.50. The first-order chi connectivity index (χ1) is 10.8. The second-order valence-electron chi connectivity index (χ2n) is 5.51. The number of nitrogens with one attached hydrogen (secondary N) is 1. The van der Waals surface area contributed by atoms with Gasteiger partial charge in [-0.15, -0.1) is 0 Å². The lowest BCUT2D eigenvalue weighted by Crippen LogP contribution is -2.15. The number of H-pyrrole nitrogens is 1. The molecule has 0 spiro atoms. The molecule has 0 fully saturated rings. The number of imidazole rings is 1. The van der Waals surface area contributed by atoms with E-state index in [-0.39, 0.29) is 10.7 Å². The number of halogens is 5. The van der Waals surface area contributed by atoms with Crippen LogP contribution in [0.4, 0.5) is 19.4 Å². The zero-order chi connectivity index (χ0) is 17.8. The molecule has 0 bridgehead atoms. The number of nitrogens with zero attached hydrogens (tertiary/aromatic N) is 3. The largest absolute Gasteiger partial charge is 0.336 e. The number of thioether (sulfide) groups is 1. The minimum Gasteiger partial charge on any atom is -0.336 e. The van der Waals surface area contributed by atoms with Crippen molar-refractivity contribution in [3.8, 4) is 0 Å². The van der Waals surface area contributed by atoms with Crippen molar-refractivity contribution in [1.82, 2.24) is 19.5 Å². The van der Waals surface area contributed by atoms with E-state index < -0.39 is 26.7 Å². The summed E-state index contributed by atoms with van der Waals surface area (Å²) >= 11 is 0.758. The molecule has 1 aliphatic rings. The van der Waals surface area contributed by atoms with Crippen molar-refractivity contribution in [2.75, 3.05) is 0 Å². The van der Waals surface area contributed by atoms with E-state index in [0.717, 1.165) is 22.7 Å². The molecule has 0 saturated carbocycles. The molecule has 1 N–H and O–H groups in total. The van der Waals surface area contributed by atoms with Crippen LogP contribution in [-0.4, -0.2) is 19.5 Å². The lowest BCUT2D eigenvalue weighted by atomic mass is 10.3. The molecule has 0 amide bonds. The molecule has 5 nitrogen and oxygen atoms in total. The van der Waals surface area contributed by atoms with Gasteiger partial charge in [0.25, 0.3) is 5.56 Å². The van der Waals surface area contributed by atoms with Gasteiger partial charge in [0.05, 0.1) is 17.7 Å². The average Bonchev–Trinajstić information content (AvgIpc) is 3.01. The molecule has 0 radical (unpaired) electrons. The average molecular weight is 388 g/mol. The van der Waals surface area contributed by atoms with Gasteiger partial charge in [-0.05, 0) is 19.3 Å². The highest BCUT2D eigenvalue weighted by Gasteiger charge is 2.68. The van der Waals surface area contributed by atoms with Crippen LogP contribution in [0.2, 0.25) is 0 Å². The van der Waals surface area contributed by atoms with E-state index in [1.54, 1.807) is 0 Å². The van der Waals surface area contributed by atoms with E-state index in [1.165, 1.54) is 7.05 Å². The third kappa shape index (κ3) is 3.29. The smallest absolute Gasteiger partial charge is 0.327 e. The summed E-state index contributed by atoms with van der Waals surface area (Å²) in [7, 11) is -8.67. The highest BCUT2D eigenvalue weighted by atomic mass is 32.5. The zero-order valence-electron chi connectivity index (χ0n) is 12.4. The summed E-state index contributed by atoms with van der Waals surface area (Å²) < 4.78 is 66.1. The Morgan fingerprint density at radius 2 is 2.00 bits per heavy atom. The Morgan fingerprint density at radius 3 is 2.67 bits per heavy atom. The molecule has 0 unspecified atom stereocenters. The van der Waals surface area contributed by atoms with Crippen molar-refractivity contribution in [1.29, 1.82) is 0 Å². The Labute approximate surface area is 137 Å². The molecule has 2 aromatic rings. The van der Waals surface area contributed by atoms with Crippen LogP contribution in [0.5, 0.6) is 0 Å². The lowest BCUT2D eigenvalue weighted by Gasteiger charge is -2.39. The van der Waals surface area contributed by atoms with Crippen LogP contribution in [-0.2, 0) is 25.6 Å². The van der Waals surface area contributed by atoms with Gasteiger partial charge in [-0.25, -0.2) is 9.97 Å². The van der Waals surface area contributed by atoms with E-state index in [0.29, 0.717) is 30.4 Å². The van der Waals surface area contributed by atoms with Gasteiger partial charge >= 0.3 is 10.2 Å². The fraction of sp³-hybridized carbons (Fsp3) is 0.417. The van der Waals surface area contributed by atoms with Crippen LogP contribution < -0.4 is 5.56 Å². The van der Waals surface area contributed by atoms with Gasteiger partial charge in [-0.3, -0.25) is 4.79 Å². The van der Waals surface area contributed by atoms with E-state index in [2.05, 4.69) is 15.0 Å². The maximum absolute atomic E-state index is 13.0. The Morgan fingerprint density at radius 1 is 1.29 bits per heavy atom. The summed E-state index contributed by atoms with van der Waals surface area (Å²) in [5.41, 5.74) is 0.187. The molecular weight excluding hydrogens is 375 g/mol. The van der Waals surface area contributed by atoms with Gasteiger partial charge in [0.1, 0.15) is 0 Å². The van der Waals surface area contributed by atoms with Gasteiger partial charge < -0.3 is 9.55 Å². The minimum absolute atomic E-state index is 0.106. The maximum Gasteiger partial charge on any atom is 0.327 e. The molecule has 2 heterocycles. The van der Waals surface area contributed by atoms with Crippen LogP contribution in [0.1, 0.15) is 23.4 Å². The molecule has 0 saturated heterocycles. The fourth-order valence-electron chi connectivity index (χ4n) is 2.54. The summed E-state index contributed by atoms with van der Waals surface area (Å²) in [5.74, 6) is -0.445. The molecule has 3 rings (SSSR count). The standard InChI is InChI=1S/C12H13F5N4OS2/c1-21-6-18-11(24(13,14,15,16)17)9(21)5-23-12-19-8-4-2-3-7(8)10(22)20-12/h6H,2-5H2,1H3,(H,19,20,22). The molecule has 24 heavy (non-hydrogen) atoms. The van der Waals surface area contributed by atoms with Crippen LogP contribution in [0, 0.1) is 0 Å². The highest BCUT2D eigenvalue weighted by Crippen LogP contribution is 3.02. The number of aryl methyl sites for hydroxylation is 2. The monoisotopic (exact) mass is 388 g/mol. The van der Waals surface area contributed by atoms with Gasteiger partial charge in [-0.1, -0.05) is 31.2 Å². The Hall–Kier alpha value is -1.56. The topological polar surface area (TPSA) is 63.6 Å². The quantitative estimate of drug-likeness (QED) is 0.490. The molecule has 134 valence electrons. The Balaban J connectivity index is 1.91. The second-order valence-corrected chi connectivity index (χ2v) is 8.80. The lowest BCUT2D eigenvalue weighted by molar-refractivity contribution is 0.357. The molecule has 0 aromatic carbocycles. The van der Waals surface area contributed by atoms with E-state index in [1.807, 2.05) is 0 Å². The first-order valence-electron chi connectivity index (χ1n) is 6.84. The first kappa shape index (κ1) is 17.3. The minimum atomic E-state index is -9.88. The van der Waals surface area contributed by atoms with E-state index >= 15 is 0 Å². The SMILES string of the molecule is Cn1cnc(S(F)(F)(F)(F)F)c1CSc1nc2c(c(=O)[nH]1)CCC2. The van der Waals surface area contributed by atoms with Gasteiger partial charge in [0.15, 0.2) is 5.16 Å². The number of rotatable bonds is 4. The Bertz CT molecular complexity index is 875. The molecule has 2 aromatic heterocycles. The van der Waals surface area contributed by atoms with Crippen molar-refractivity contribution < 1.29 is 19.4 Å². The van der Waals surface area contributed by atoms with Crippen LogP contribution in [0.25, 0.3) is 0 Å². The zero-order valence-corrected chi connectivity index (χ0v) is 14.0. The first-order valence-corrected chi connectivity index (χ1v) is 9.78. The van der Waals surface area contributed by atoms with Crippen molar-refractivity contribution in [3.63, 3.8) is 0 Å². The van der Waals surface area contributed by atoms with Gasteiger partial charge in [0, 0.05) is 18.4 Å². The number of aromatic nitrogens is 4. The number of hydrogen-bond donors (Lipinski definition) is 1. The molecular formula is C12H13F5N4OS2. The van der Waals surface area contributed by atoms with Crippen molar-refractivity contribution in [3.05, 3.63) is 33.6 Å². The Kier molecular flexibility index (Phi) is 3.42. The van der Waals surface area contributed by atoms with Crippen molar-refractivity contribution >= 4 is 22.0 Å². The van der Waals surface area contributed by atoms with Crippen molar-refractivity contribution in [2.45, 2.75) is 35.2 Å². The maximum atomic E-state index is 13.0. The van der Waals surface area contributed by atoms with Crippen molar-refractivity contribution in [2.24, 2.45) is 7.05 Å². The third-order valence-corrected chi connectivity index (χ3v) is 5.61. The van der Waals surface area contributed by atoms with E-state index in [9.17, 15) is 24.2 Å². The molecule has 12 heteroatoms. The normalized spacial score (nSPS) is 17.4. The van der Waals surface area contributed by atoms with E-state index in [4.69, 9.17) is 0 Å². The van der Waals surface area contributed by atoms with Crippen LogP contribution >= 0.6 is 22.0 Å². The number of hydrogen-bond acceptors (Lipinski definition) is 4. The van der Waals surface area contributed by atoms with Gasteiger partial charge in [0.2, 0.25) is 5.03 Å².